The number of nitrogens with one attached hydrogen (secondary N) is 1. The summed E-state index contributed by atoms with van der Waals surface area (Å²) >= 11 is 6.21. The third-order valence-corrected chi connectivity index (χ3v) is 8.12. The number of rotatable bonds is 11. The highest BCUT2D eigenvalue weighted by Crippen LogP contribution is 2.29. The normalized spacial score (nSPS) is 11.9. The Bertz CT molecular complexity index is 1410. The number of amides is 1. The third-order valence-electron chi connectivity index (χ3n) is 5.10. The molecule has 0 radical (unpaired) electrons. The van der Waals surface area contributed by atoms with Crippen LogP contribution in [0.2, 0.25) is 5.02 Å². The van der Waals surface area contributed by atoms with Gasteiger partial charge in [-0.25, -0.2) is 22.0 Å². The summed E-state index contributed by atoms with van der Waals surface area (Å²) in [5.74, 6) is -0.180. The maximum absolute atomic E-state index is 13.5. The zero-order valence-electron chi connectivity index (χ0n) is 19.4. The fraction of sp³-hybridized carbons (Fsp3) is 0.208. The Morgan fingerprint density at radius 2 is 1.58 bits per heavy atom. The Kier molecular flexibility index (Phi) is 9.09. The number of carbonyl (C=O) groups excluding carboxylic acids is 1. The fourth-order valence-electron chi connectivity index (χ4n) is 3.29. The number of nitrogens with two attached hydrogens (primary N) is 1. The lowest BCUT2D eigenvalue weighted by Gasteiger charge is -2.22. The maximum atomic E-state index is 13.5. The highest BCUT2D eigenvalue weighted by Gasteiger charge is 2.28. The van der Waals surface area contributed by atoms with E-state index in [4.69, 9.17) is 21.5 Å². The molecule has 3 rings (SSSR count). The van der Waals surface area contributed by atoms with E-state index in [9.17, 15) is 21.6 Å². The van der Waals surface area contributed by atoms with Crippen LogP contribution in [0.4, 0.5) is 0 Å². The first-order valence-corrected chi connectivity index (χ1v) is 14.2. The van der Waals surface area contributed by atoms with E-state index >= 15 is 0 Å². The summed E-state index contributed by atoms with van der Waals surface area (Å²) in [6, 6.07) is 18.7. The second-order valence-electron chi connectivity index (χ2n) is 7.75. The Balaban J connectivity index is 1.79. The smallest absolute Gasteiger partial charge is 0.243 e. The zero-order valence-corrected chi connectivity index (χ0v) is 21.8. The van der Waals surface area contributed by atoms with E-state index in [0.717, 1.165) is 4.31 Å². The van der Waals surface area contributed by atoms with E-state index < -0.39 is 32.5 Å². The number of halogens is 1. The van der Waals surface area contributed by atoms with Gasteiger partial charge in [0.05, 0.1) is 28.0 Å². The van der Waals surface area contributed by atoms with Gasteiger partial charge in [0.1, 0.15) is 5.75 Å². The lowest BCUT2D eigenvalue weighted by Crippen LogP contribution is -2.40. The van der Waals surface area contributed by atoms with Gasteiger partial charge in [-0.1, -0.05) is 54.1 Å². The van der Waals surface area contributed by atoms with Gasteiger partial charge < -0.3 is 10.1 Å². The lowest BCUT2D eigenvalue weighted by atomic mass is 10.2. The quantitative estimate of drug-likeness (QED) is 0.376. The average Bonchev–Trinajstić information content (AvgIpc) is 2.84. The molecule has 1 amide bonds. The summed E-state index contributed by atoms with van der Waals surface area (Å²) in [5, 5.41) is 7.90. The van der Waals surface area contributed by atoms with Gasteiger partial charge in [-0.15, -0.1) is 0 Å². The van der Waals surface area contributed by atoms with Crippen molar-refractivity contribution >= 4 is 37.6 Å². The van der Waals surface area contributed by atoms with Crippen molar-refractivity contribution in [1.29, 1.82) is 0 Å². The van der Waals surface area contributed by atoms with Gasteiger partial charge in [0.15, 0.2) is 0 Å². The summed E-state index contributed by atoms with van der Waals surface area (Å²) in [7, 11) is -7.93. The van der Waals surface area contributed by atoms with Crippen molar-refractivity contribution in [2.75, 3.05) is 13.2 Å². The molecule has 0 aromatic heterocycles. The molecule has 0 aliphatic rings. The molecule has 36 heavy (non-hydrogen) atoms. The molecule has 3 N–H and O–H groups in total. The summed E-state index contributed by atoms with van der Waals surface area (Å²) < 4.78 is 56.2. The van der Waals surface area contributed by atoms with Crippen molar-refractivity contribution in [1.82, 2.24) is 9.62 Å². The van der Waals surface area contributed by atoms with E-state index in [0.29, 0.717) is 23.5 Å². The number of benzene rings is 3. The molecule has 0 saturated carbocycles. The topological polar surface area (TPSA) is 136 Å². The van der Waals surface area contributed by atoms with Crippen LogP contribution in [-0.2, 0) is 37.9 Å². The van der Waals surface area contributed by atoms with E-state index in [2.05, 4.69) is 5.32 Å². The van der Waals surface area contributed by atoms with Gasteiger partial charge in [-0.3, -0.25) is 4.79 Å². The number of sulfonamides is 2. The van der Waals surface area contributed by atoms with Crippen LogP contribution in [0.5, 0.6) is 5.75 Å². The minimum Gasteiger partial charge on any atom is -0.492 e. The Labute approximate surface area is 215 Å². The lowest BCUT2D eigenvalue weighted by molar-refractivity contribution is -0.121. The molecule has 0 fully saturated rings. The number of hydrogen-bond donors (Lipinski definition) is 2. The van der Waals surface area contributed by atoms with Gasteiger partial charge >= 0.3 is 0 Å². The van der Waals surface area contributed by atoms with Gasteiger partial charge in [0.2, 0.25) is 26.0 Å². The van der Waals surface area contributed by atoms with Gasteiger partial charge in [0.25, 0.3) is 0 Å². The predicted molar refractivity (Wildman–Crippen MR) is 136 cm³/mol. The van der Waals surface area contributed by atoms with Crippen LogP contribution in [0, 0.1) is 0 Å². The molecule has 0 heterocycles. The highest BCUT2D eigenvalue weighted by molar-refractivity contribution is 7.89. The van der Waals surface area contributed by atoms with Crippen molar-refractivity contribution in [3.63, 3.8) is 0 Å². The monoisotopic (exact) mass is 551 g/mol. The number of ether oxygens (including phenoxy) is 1. The maximum Gasteiger partial charge on any atom is 0.243 e. The SMILES string of the molecule is CCOc1ccc(S(=O)(=O)N(CC(=O)NCc2ccc(S(N)(=O)=O)cc2)Cc2ccccc2)cc1Cl. The summed E-state index contributed by atoms with van der Waals surface area (Å²) in [4.78, 5) is 12.6. The van der Waals surface area contributed by atoms with Gasteiger partial charge in [-0.2, -0.15) is 4.31 Å². The first-order valence-electron chi connectivity index (χ1n) is 10.9. The average molecular weight is 552 g/mol. The molecule has 0 aliphatic carbocycles. The second-order valence-corrected chi connectivity index (χ2v) is 11.7. The largest absolute Gasteiger partial charge is 0.492 e. The molecule has 3 aromatic rings. The minimum absolute atomic E-state index is 0.0372. The first kappa shape index (κ1) is 27.6. The number of nitrogens with zero attached hydrogens (tertiary/aromatic N) is 1. The van der Waals surface area contributed by atoms with Crippen molar-refractivity contribution < 1.29 is 26.4 Å². The number of carbonyl (C=O) groups is 1. The number of hydrogen-bond acceptors (Lipinski definition) is 6. The van der Waals surface area contributed by atoms with Crippen molar-refractivity contribution in [3.05, 3.63) is 88.9 Å². The van der Waals surface area contributed by atoms with Crippen molar-refractivity contribution in [3.8, 4) is 5.75 Å². The molecule has 0 bridgehead atoms. The minimum atomic E-state index is -4.10. The molecule has 0 aliphatic heterocycles. The summed E-state index contributed by atoms with van der Waals surface area (Å²) in [6.45, 7) is 1.74. The van der Waals surface area contributed by atoms with Crippen LogP contribution in [0.25, 0.3) is 0 Å². The van der Waals surface area contributed by atoms with Crippen LogP contribution >= 0.6 is 11.6 Å². The molecular weight excluding hydrogens is 526 g/mol. The molecule has 12 heteroatoms. The first-order chi connectivity index (χ1) is 17.0. The summed E-state index contributed by atoms with van der Waals surface area (Å²) in [6.07, 6.45) is 0. The molecule has 0 spiro atoms. The Morgan fingerprint density at radius 3 is 2.17 bits per heavy atom. The number of primary sulfonamides is 1. The van der Waals surface area contributed by atoms with E-state index in [1.165, 1.54) is 42.5 Å². The zero-order chi connectivity index (χ0) is 26.3. The van der Waals surface area contributed by atoms with Gasteiger partial charge in [0, 0.05) is 13.1 Å². The van der Waals surface area contributed by atoms with E-state index in [-0.39, 0.29) is 27.9 Å². The van der Waals surface area contributed by atoms with Crippen molar-refractivity contribution in [2.24, 2.45) is 5.14 Å². The van der Waals surface area contributed by atoms with Crippen LogP contribution in [-0.4, -0.2) is 40.2 Å². The van der Waals surface area contributed by atoms with E-state index in [1.54, 1.807) is 31.2 Å². The van der Waals surface area contributed by atoms with Crippen LogP contribution < -0.4 is 15.2 Å². The highest BCUT2D eigenvalue weighted by atomic mass is 35.5. The fourth-order valence-corrected chi connectivity index (χ4v) is 5.52. The molecule has 192 valence electrons. The molecule has 3 aromatic carbocycles. The molecule has 9 nitrogen and oxygen atoms in total. The van der Waals surface area contributed by atoms with Gasteiger partial charge in [-0.05, 0) is 48.4 Å². The molecule has 0 atom stereocenters. The van der Waals surface area contributed by atoms with E-state index in [1.807, 2.05) is 6.07 Å². The van der Waals surface area contributed by atoms with Crippen molar-refractivity contribution in [2.45, 2.75) is 29.8 Å². The molecule has 0 saturated heterocycles. The third kappa shape index (κ3) is 7.28. The van der Waals surface area contributed by atoms with Crippen LogP contribution in [0.3, 0.4) is 0 Å². The Morgan fingerprint density at radius 1 is 0.944 bits per heavy atom. The molecular formula is C24H26ClN3O6S2. The second kappa shape index (κ2) is 11.8. The summed E-state index contributed by atoms with van der Waals surface area (Å²) in [5.41, 5.74) is 1.32. The van der Waals surface area contributed by atoms with Crippen LogP contribution in [0.1, 0.15) is 18.1 Å². The Hall–Kier alpha value is -2.96. The standard InChI is InChI=1S/C24H26ClN3O6S2/c1-2-34-23-13-12-21(14-22(23)25)36(32,33)28(16-19-6-4-3-5-7-19)17-24(29)27-15-18-8-10-20(11-9-18)35(26,30)31/h3-14H,2,15-17H2,1H3,(H,27,29)(H2,26,30,31). The molecule has 0 unspecified atom stereocenters. The predicted octanol–water partition coefficient (Wildman–Crippen LogP) is 2.89. The van der Waals surface area contributed by atoms with Crippen LogP contribution in [0.15, 0.2) is 82.6 Å².